The zero-order valence-electron chi connectivity index (χ0n) is 16.6. The van der Waals surface area contributed by atoms with Crippen molar-refractivity contribution in [3.05, 3.63) is 66.8 Å². The number of hydrogen-bond donors (Lipinski definition) is 1. The largest absolute Gasteiger partial charge is 0.493 e. The van der Waals surface area contributed by atoms with Gasteiger partial charge in [-0.25, -0.2) is 0 Å². The van der Waals surface area contributed by atoms with Gasteiger partial charge in [0.1, 0.15) is 0 Å². The van der Waals surface area contributed by atoms with Crippen molar-refractivity contribution >= 4 is 29.4 Å². The minimum Gasteiger partial charge on any atom is -0.493 e. The Balaban J connectivity index is 1.74. The van der Waals surface area contributed by atoms with Crippen molar-refractivity contribution in [1.82, 2.24) is 10.2 Å². The number of anilines is 1. The lowest BCUT2D eigenvalue weighted by molar-refractivity contribution is -0.111. The van der Waals surface area contributed by atoms with Gasteiger partial charge in [0.05, 0.1) is 25.5 Å². The molecule has 0 aliphatic carbocycles. The molecule has 0 spiro atoms. The van der Waals surface area contributed by atoms with E-state index < -0.39 is 0 Å². The van der Waals surface area contributed by atoms with Crippen LogP contribution in [-0.2, 0) is 4.79 Å². The Morgan fingerprint density at radius 3 is 2.73 bits per heavy atom. The molecule has 3 rings (SSSR count). The first-order chi connectivity index (χ1) is 14.6. The molecule has 1 amide bonds. The van der Waals surface area contributed by atoms with Gasteiger partial charge in [0.25, 0.3) is 11.1 Å². The van der Waals surface area contributed by atoms with E-state index in [-0.39, 0.29) is 5.91 Å². The van der Waals surface area contributed by atoms with Crippen LogP contribution in [0.5, 0.6) is 11.5 Å². The van der Waals surface area contributed by atoms with Crippen molar-refractivity contribution in [1.29, 1.82) is 0 Å². The summed E-state index contributed by atoms with van der Waals surface area (Å²) in [6.07, 6.45) is 4.89. The van der Waals surface area contributed by atoms with Crippen molar-refractivity contribution in [2.45, 2.75) is 5.22 Å². The first-order valence-electron chi connectivity index (χ1n) is 9.02. The van der Waals surface area contributed by atoms with Crippen LogP contribution in [0.25, 0.3) is 17.5 Å². The molecule has 0 aliphatic rings. The van der Waals surface area contributed by atoms with Gasteiger partial charge in [-0.3, -0.25) is 4.79 Å². The number of methoxy groups -OCH3 is 2. The summed E-state index contributed by atoms with van der Waals surface area (Å²) in [7, 11) is 3.14. The van der Waals surface area contributed by atoms with Crippen molar-refractivity contribution in [2.75, 3.05) is 25.3 Å². The van der Waals surface area contributed by atoms with Gasteiger partial charge in [-0.1, -0.05) is 36.0 Å². The topological polar surface area (TPSA) is 86.5 Å². The summed E-state index contributed by atoms with van der Waals surface area (Å²) in [5.74, 6) is 1.92. The van der Waals surface area contributed by atoms with Gasteiger partial charge in [0.15, 0.2) is 11.5 Å². The molecule has 2 aromatic carbocycles. The number of rotatable bonds is 9. The minimum absolute atomic E-state index is 0.294. The van der Waals surface area contributed by atoms with Crippen LogP contribution in [0.1, 0.15) is 5.56 Å². The van der Waals surface area contributed by atoms with Crippen LogP contribution in [0.2, 0.25) is 0 Å². The first-order valence-corrected chi connectivity index (χ1v) is 10.0. The Morgan fingerprint density at radius 2 is 1.97 bits per heavy atom. The third kappa shape index (κ3) is 5.30. The van der Waals surface area contributed by atoms with E-state index in [4.69, 9.17) is 13.9 Å². The molecule has 0 bridgehead atoms. The summed E-state index contributed by atoms with van der Waals surface area (Å²) >= 11 is 1.39. The van der Waals surface area contributed by atoms with Crippen LogP contribution in [0, 0.1) is 0 Å². The lowest BCUT2D eigenvalue weighted by Gasteiger charge is -2.08. The van der Waals surface area contributed by atoms with E-state index in [0.29, 0.717) is 39.6 Å². The summed E-state index contributed by atoms with van der Waals surface area (Å²) in [6, 6.07) is 12.6. The van der Waals surface area contributed by atoms with Crippen LogP contribution in [0.15, 0.2) is 70.8 Å². The molecule has 30 heavy (non-hydrogen) atoms. The maximum Gasteiger partial charge on any atom is 0.277 e. The zero-order chi connectivity index (χ0) is 21.3. The van der Waals surface area contributed by atoms with E-state index in [1.165, 1.54) is 17.8 Å². The summed E-state index contributed by atoms with van der Waals surface area (Å²) in [6.45, 7) is 3.67. The molecule has 1 heterocycles. The molecule has 1 aromatic heterocycles. The number of nitrogens with zero attached hydrogens (tertiary/aromatic N) is 2. The Hall–Kier alpha value is -3.52. The van der Waals surface area contributed by atoms with Gasteiger partial charge in [0, 0.05) is 11.8 Å². The fourth-order valence-electron chi connectivity index (χ4n) is 2.59. The van der Waals surface area contributed by atoms with Crippen LogP contribution < -0.4 is 14.8 Å². The number of thioether (sulfide) groups is 1. The number of amides is 1. The number of ether oxygens (including phenoxy) is 2. The quantitative estimate of drug-likeness (QED) is 0.304. The molecule has 0 fully saturated rings. The van der Waals surface area contributed by atoms with Gasteiger partial charge in [0.2, 0.25) is 5.91 Å². The second-order valence-corrected chi connectivity index (χ2v) is 6.93. The van der Waals surface area contributed by atoms with Gasteiger partial charge in [-0.15, -0.1) is 16.8 Å². The fraction of sp³-hybridized carbons (Fsp3) is 0.136. The molecular weight excluding hydrogens is 402 g/mol. The molecule has 0 saturated heterocycles. The molecule has 0 saturated carbocycles. The van der Waals surface area contributed by atoms with E-state index in [1.54, 1.807) is 44.6 Å². The average molecular weight is 423 g/mol. The highest BCUT2D eigenvalue weighted by molar-refractivity contribution is 7.99. The van der Waals surface area contributed by atoms with Crippen molar-refractivity contribution in [3.8, 4) is 23.0 Å². The maximum atomic E-state index is 12.5. The zero-order valence-corrected chi connectivity index (χ0v) is 17.4. The molecular formula is C22H21N3O4S. The molecule has 0 radical (unpaired) electrons. The number of para-hydroxylation sites is 1. The number of aromatic nitrogens is 2. The molecule has 154 valence electrons. The van der Waals surface area contributed by atoms with Crippen molar-refractivity contribution in [2.24, 2.45) is 0 Å². The third-order valence-corrected chi connectivity index (χ3v) is 4.80. The number of benzene rings is 2. The molecule has 0 atom stereocenters. The summed E-state index contributed by atoms with van der Waals surface area (Å²) in [5.41, 5.74) is 2.02. The highest BCUT2D eigenvalue weighted by Crippen LogP contribution is 2.30. The van der Waals surface area contributed by atoms with Crippen LogP contribution in [0.4, 0.5) is 5.69 Å². The highest BCUT2D eigenvalue weighted by atomic mass is 32.2. The van der Waals surface area contributed by atoms with E-state index in [1.807, 2.05) is 24.3 Å². The lowest BCUT2D eigenvalue weighted by atomic mass is 10.1. The molecule has 8 heteroatoms. The Labute approximate surface area is 178 Å². The van der Waals surface area contributed by atoms with Crippen LogP contribution >= 0.6 is 11.8 Å². The number of carbonyl (C=O) groups excluding carboxylic acids is 1. The van der Waals surface area contributed by atoms with Gasteiger partial charge in [-0.2, -0.15) is 0 Å². The summed E-state index contributed by atoms with van der Waals surface area (Å²) in [4.78, 5) is 12.5. The van der Waals surface area contributed by atoms with E-state index in [9.17, 15) is 4.79 Å². The predicted molar refractivity (Wildman–Crippen MR) is 118 cm³/mol. The summed E-state index contributed by atoms with van der Waals surface area (Å²) < 4.78 is 16.2. The maximum absolute atomic E-state index is 12.5. The standard InChI is InChI=1S/C22H21N3O4S/c1-4-13-30-22-25-24-21(29-22)16-7-5-6-8-17(16)23-20(26)12-10-15-9-11-18(27-2)19(14-15)28-3/h4-12,14H,1,13H2,2-3H3,(H,23,26)/b12-10+. The second kappa shape index (κ2) is 10.3. The third-order valence-electron chi connectivity index (χ3n) is 3.98. The van der Waals surface area contributed by atoms with Gasteiger partial charge < -0.3 is 19.2 Å². The summed E-state index contributed by atoms with van der Waals surface area (Å²) in [5, 5.41) is 11.4. The number of hydrogen-bond acceptors (Lipinski definition) is 7. The minimum atomic E-state index is -0.294. The van der Waals surface area contributed by atoms with Gasteiger partial charge >= 0.3 is 0 Å². The SMILES string of the molecule is C=CCSc1nnc(-c2ccccc2NC(=O)/C=C/c2ccc(OC)c(OC)c2)o1. The van der Waals surface area contributed by atoms with E-state index >= 15 is 0 Å². The predicted octanol–water partition coefficient (Wildman–Crippen LogP) is 4.68. The second-order valence-electron chi connectivity index (χ2n) is 5.96. The van der Waals surface area contributed by atoms with Crippen molar-refractivity contribution in [3.63, 3.8) is 0 Å². The smallest absolute Gasteiger partial charge is 0.277 e. The Morgan fingerprint density at radius 1 is 1.17 bits per heavy atom. The van der Waals surface area contributed by atoms with E-state index in [2.05, 4.69) is 22.1 Å². The first kappa shape index (κ1) is 21.2. The average Bonchev–Trinajstić information content (AvgIpc) is 3.25. The van der Waals surface area contributed by atoms with Crippen molar-refractivity contribution < 1.29 is 18.7 Å². The number of nitrogens with one attached hydrogen (secondary N) is 1. The molecule has 3 aromatic rings. The fourth-order valence-corrected chi connectivity index (χ4v) is 3.09. The van der Waals surface area contributed by atoms with Gasteiger partial charge in [-0.05, 0) is 35.9 Å². The molecule has 7 nitrogen and oxygen atoms in total. The highest BCUT2D eigenvalue weighted by Gasteiger charge is 2.13. The molecule has 1 N–H and O–H groups in total. The Bertz CT molecular complexity index is 1060. The Kier molecular flexibility index (Phi) is 7.29. The number of carbonyl (C=O) groups is 1. The molecule has 0 unspecified atom stereocenters. The van der Waals surface area contributed by atoms with Crippen LogP contribution in [-0.4, -0.2) is 36.1 Å². The van der Waals surface area contributed by atoms with Crippen LogP contribution in [0.3, 0.4) is 0 Å². The normalized spacial score (nSPS) is 10.7. The monoisotopic (exact) mass is 423 g/mol. The van der Waals surface area contributed by atoms with E-state index in [0.717, 1.165) is 5.56 Å². The molecule has 0 aliphatic heterocycles. The lowest BCUT2D eigenvalue weighted by Crippen LogP contribution is -2.08.